The second-order valence-corrected chi connectivity index (χ2v) is 8.68. The molecule has 162 valence electrons. The summed E-state index contributed by atoms with van der Waals surface area (Å²) in [5.74, 6) is 1.11. The van der Waals surface area contributed by atoms with Crippen LogP contribution in [-0.4, -0.2) is 49.4 Å². The van der Waals surface area contributed by atoms with Crippen molar-refractivity contribution < 1.29 is 14.2 Å². The molecule has 30 heavy (non-hydrogen) atoms. The maximum Gasteiger partial charge on any atom is 0.123 e. The van der Waals surface area contributed by atoms with Crippen molar-refractivity contribution in [3.63, 3.8) is 0 Å². The Morgan fingerprint density at radius 2 is 1.80 bits per heavy atom. The molecular weight excluding hydrogens is 381 g/mol. The number of aliphatic hydroxyl groups is 1. The zero-order valence-electron chi connectivity index (χ0n) is 17.4. The Labute approximate surface area is 178 Å². The van der Waals surface area contributed by atoms with Gasteiger partial charge in [-0.05, 0) is 67.6 Å². The van der Waals surface area contributed by atoms with Crippen molar-refractivity contribution in [1.82, 2.24) is 15.8 Å². The van der Waals surface area contributed by atoms with Gasteiger partial charge in [0, 0.05) is 25.6 Å². The monoisotopic (exact) mass is 413 g/mol. The zero-order chi connectivity index (χ0) is 20.8. The van der Waals surface area contributed by atoms with Gasteiger partial charge in [-0.3, -0.25) is 5.43 Å². The van der Waals surface area contributed by atoms with Gasteiger partial charge in [0.15, 0.2) is 0 Å². The summed E-state index contributed by atoms with van der Waals surface area (Å²) in [6.07, 6.45) is 2.84. The normalized spacial score (nSPS) is 24.1. The maximum absolute atomic E-state index is 13.3. The van der Waals surface area contributed by atoms with Gasteiger partial charge in [-0.15, -0.1) is 0 Å². The van der Waals surface area contributed by atoms with E-state index in [2.05, 4.69) is 15.8 Å². The highest BCUT2D eigenvalue weighted by molar-refractivity contribution is 5.22. The first-order valence-corrected chi connectivity index (χ1v) is 10.9. The number of piperidine rings is 1. The van der Waals surface area contributed by atoms with Gasteiger partial charge in [-0.2, -0.15) is 0 Å². The van der Waals surface area contributed by atoms with Crippen LogP contribution >= 0.6 is 0 Å². The smallest absolute Gasteiger partial charge is 0.123 e. The van der Waals surface area contributed by atoms with Crippen molar-refractivity contribution in [3.8, 4) is 5.75 Å². The van der Waals surface area contributed by atoms with Gasteiger partial charge < -0.3 is 14.7 Å². The van der Waals surface area contributed by atoms with E-state index in [1.807, 2.05) is 42.5 Å². The third-order valence-electron chi connectivity index (χ3n) is 6.71. The Morgan fingerprint density at radius 3 is 2.50 bits per heavy atom. The van der Waals surface area contributed by atoms with Gasteiger partial charge in [-0.1, -0.05) is 30.3 Å². The van der Waals surface area contributed by atoms with E-state index >= 15 is 0 Å². The van der Waals surface area contributed by atoms with Crippen molar-refractivity contribution >= 4 is 0 Å². The van der Waals surface area contributed by atoms with Crippen LogP contribution in [0.5, 0.6) is 5.75 Å². The highest BCUT2D eigenvalue weighted by atomic mass is 19.1. The minimum Gasteiger partial charge on any atom is -0.494 e. The lowest BCUT2D eigenvalue weighted by molar-refractivity contribution is 0.0221. The van der Waals surface area contributed by atoms with Crippen LogP contribution < -0.4 is 15.6 Å². The molecule has 2 heterocycles. The minimum absolute atomic E-state index is 0.0478. The molecule has 0 bridgehead atoms. The number of halogens is 1. The van der Waals surface area contributed by atoms with E-state index in [4.69, 9.17) is 4.74 Å². The van der Waals surface area contributed by atoms with E-state index in [-0.39, 0.29) is 23.9 Å². The molecule has 4 rings (SSSR count). The Bertz CT molecular complexity index is 779. The summed E-state index contributed by atoms with van der Waals surface area (Å²) in [7, 11) is 0. The first-order valence-electron chi connectivity index (χ1n) is 10.9. The van der Waals surface area contributed by atoms with Crippen molar-refractivity contribution in [2.45, 2.75) is 25.3 Å². The molecule has 6 heteroatoms. The first kappa shape index (κ1) is 21.2. The Morgan fingerprint density at radius 1 is 1.07 bits per heavy atom. The molecular formula is C24H32FN3O2. The topological polar surface area (TPSA) is 56.8 Å². The van der Waals surface area contributed by atoms with Crippen molar-refractivity contribution in [1.29, 1.82) is 0 Å². The largest absolute Gasteiger partial charge is 0.494 e. The number of nitrogens with zero attached hydrogens (tertiary/aromatic N) is 1. The molecule has 0 aromatic heterocycles. The van der Waals surface area contributed by atoms with Gasteiger partial charge in [0.2, 0.25) is 0 Å². The predicted octanol–water partition coefficient (Wildman–Crippen LogP) is 3.13. The van der Waals surface area contributed by atoms with E-state index in [9.17, 15) is 9.50 Å². The molecule has 2 atom stereocenters. The zero-order valence-corrected chi connectivity index (χ0v) is 17.4. The predicted molar refractivity (Wildman–Crippen MR) is 116 cm³/mol. The molecule has 2 aromatic carbocycles. The summed E-state index contributed by atoms with van der Waals surface area (Å²) < 4.78 is 19.1. The summed E-state index contributed by atoms with van der Waals surface area (Å²) >= 11 is 0. The number of hydrogen-bond donors (Lipinski definition) is 3. The third kappa shape index (κ3) is 5.19. The molecule has 2 aromatic rings. The molecule has 2 aliphatic rings. The molecule has 2 saturated heterocycles. The Balaban J connectivity index is 1.27. The Hall–Kier alpha value is -1.99. The van der Waals surface area contributed by atoms with Gasteiger partial charge in [-0.25, -0.2) is 9.82 Å². The van der Waals surface area contributed by atoms with Crippen LogP contribution in [-0.2, 0) is 0 Å². The van der Waals surface area contributed by atoms with Gasteiger partial charge >= 0.3 is 0 Å². The van der Waals surface area contributed by atoms with Crippen LogP contribution in [0.3, 0.4) is 0 Å². The van der Waals surface area contributed by atoms with E-state index in [1.54, 1.807) is 0 Å². The number of para-hydroxylation sites is 1. The molecule has 0 saturated carbocycles. The molecule has 0 radical (unpaired) electrons. The summed E-state index contributed by atoms with van der Waals surface area (Å²) in [5, 5.41) is 10.1. The summed E-state index contributed by atoms with van der Waals surface area (Å²) in [6, 6.07) is 16.8. The van der Waals surface area contributed by atoms with Crippen LogP contribution in [0.4, 0.5) is 4.39 Å². The lowest BCUT2D eigenvalue weighted by Crippen LogP contribution is -2.45. The van der Waals surface area contributed by atoms with E-state index in [1.165, 1.54) is 12.1 Å². The number of hydrogen-bond acceptors (Lipinski definition) is 5. The van der Waals surface area contributed by atoms with Gasteiger partial charge in [0.05, 0.1) is 12.6 Å². The Kier molecular flexibility index (Phi) is 7.00. The number of rotatable bonds is 8. The number of nitrogens with one attached hydrogen (secondary N) is 2. The minimum atomic E-state index is -0.200. The van der Waals surface area contributed by atoms with E-state index in [0.717, 1.165) is 56.8 Å². The summed E-state index contributed by atoms with van der Waals surface area (Å²) in [4.78, 5) is 2.50. The van der Waals surface area contributed by atoms with Crippen molar-refractivity contribution in [3.05, 3.63) is 66.0 Å². The SMILES string of the molecule is OCC1(CCOc2ccccc2)CCN(CC2CNNC2c2ccc(F)cc2)CC1. The lowest BCUT2D eigenvalue weighted by atomic mass is 9.76. The average Bonchev–Trinajstić information content (AvgIpc) is 3.24. The molecule has 2 unspecified atom stereocenters. The maximum atomic E-state index is 13.3. The van der Waals surface area contributed by atoms with E-state index in [0.29, 0.717) is 12.5 Å². The van der Waals surface area contributed by atoms with Gasteiger partial charge in [0.1, 0.15) is 11.6 Å². The second kappa shape index (κ2) is 9.88. The van der Waals surface area contributed by atoms with Crippen molar-refractivity contribution in [2.75, 3.05) is 39.4 Å². The summed E-state index contributed by atoms with van der Waals surface area (Å²) in [5.41, 5.74) is 7.69. The number of ether oxygens (including phenoxy) is 1. The number of aliphatic hydroxyl groups excluding tert-OH is 1. The quantitative estimate of drug-likeness (QED) is 0.621. The van der Waals surface area contributed by atoms with Crippen LogP contribution in [0.1, 0.15) is 30.9 Å². The standard InChI is InChI=1S/C24H32FN3O2/c25-21-8-6-19(7-9-21)23-20(16-26-27-23)17-28-13-10-24(18-29,11-14-28)12-15-30-22-4-2-1-3-5-22/h1-9,20,23,26-27,29H,10-18H2. The second-order valence-electron chi connectivity index (χ2n) is 8.68. The van der Waals surface area contributed by atoms with Gasteiger partial charge in [0.25, 0.3) is 0 Å². The highest BCUT2D eigenvalue weighted by Gasteiger charge is 2.36. The van der Waals surface area contributed by atoms with Crippen LogP contribution in [0.25, 0.3) is 0 Å². The lowest BCUT2D eigenvalue weighted by Gasteiger charge is -2.41. The van der Waals surface area contributed by atoms with Crippen LogP contribution in [0, 0.1) is 17.2 Å². The molecule has 2 aliphatic heterocycles. The molecule has 0 amide bonds. The molecule has 5 nitrogen and oxygen atoms in total. The third-order valence-corrected chi connectivity index (χ3v) is 6.71. The molecule has 3 N–H and O–H groups in total. The number of hydrazine groups is 1. The highest BCUT2D eigenvalue weighted by Crippen LogP contribution is 2.36. The first-order chi connectivity index (χ1) is 14.7. The number of benzene rings is 2. The summed E-state index contributed by atoms with van der Waals surface area (Å²) in [6.45, 7) is 4.70. The molecule has 0 spiro atoms. The van der Waals surface area contributed by atoms with Crippen LogP contribution in [0.2, 0.25) is 0 Å². The average molecular weight is 414 g/mol. The van der Waals surface area contributed by atoms with Crippen molar-refractivity contribution in [2.24, 2.45) is 11.3 Å². The molecule has 0 aliphatic carbocycles. The fourth-order valence-electron chi connectivity index (χ4n) is 4.66. The number of likely N-dealkylation sites (tertiary alicyclic amines) is 1. The fourth-order valence-corrected chi connectivity index (χ4v) is 4.66. The fraction of sp³-hybridized carbons (Fsp3) is 0.500. The molecule has 2 fully saturated rings. The van der Waals surface area contributed by atoms with Crippen LogP contribution in [0.15, 0.2) is 54.6 Å². The van der Waals surface area contributed by atoms with E-state index < -0.39 is 0 Å².